The topological polar surface area (TPSA) is 93.5 Å². The minimum Gasteiger partial charge on any atom is -0.496 e. The summed E-state index contributed by atoms with van der Waals surface area (Å²) in [5.41, 5.74) is 6.88. The molecular weight excluding hydrogens is 242 g/mol. The van der Waals surface area contributed by atoms with Crippen LogP contribution < -0.4 is 19.9 Å². The van der Waals surface area contributed by atoms with Gasteiger partial charge >= 0.3 is 0 Å². The number of ether oxygens (including phenoxy) is 1. The van der Waals surface area contributed by atoms with Crippen LogP contribution in [0, 0.1) is 0 Å². The second-order valence-electron chi connectivity index (χ2n) is 3.39. The van der Waals surface area contributed by atoms with Gasteiger partial charge in [0.05, 0.1) is 7.11 Å². The second-order valence-corrected chi connectivity index (χ2v) is 4.98. The Balaban J connectivity index is 2.78. The number of hydrogen-bond acceptors (Lipinski definition) is 4. The molecule has 0 saturated heterocycles. The Morgan fingerprint density at radius 1 is 1.35 bits per heavy atom. The van der Waals surface area contributed by atoms with Gasteiger partial charge in [0.2, 0.25) is 0 Å². The number of nitrogen functional groups attached to an aromatic ring is 1. The van der Waals surface area contributed by atoms with Crippen molar-refractivity contribution < 1.29 is 13.2 Å². The monoisotopic (exact) mass is 259 g/mol. The highest BCUT2D eigenvalue weighted by atomic mass is 32.2. The van der Waals surface area contributed by atoms with Gasteiger partial charge in [0, 0.05) is 24.3 Å². The van der Waals surface area contributed by atoms with Crippen LogP contribution in [0.3, 0.4) is 0 Å². The van der Waals surface area contributed by atoms with Gasteiger partial charge in [-0.3, -0.25) is 0 Å². The van der Waals surface area contributed by atoms with Gasteiger partial charge in [0.1, 0.15) is 5.75 Å². The average Bonchev–Trinajstić information content (AvgIpc) is 2.27. The fraction of sp³-hybridized carbons (Fsp3) is 0.400. The third kappa shape index (κ3) is 4.22. The van der Waals surface area contributed by atoms with Crippen molar-refractivity contribution in [3.8, 4) is 5.75 Å². The van der Waals surface area contributed by atoms with Crippen LogP contribution in [0.25, 0.3) is 0 Å². The minimum atomic E-state index is -3.46. The van der Waals surface area contributed by atoms with Gasteiger partial charge in [-0.2, -0.15) is 13.1 Å². The molecule has 6 nitrogen and oxygen atoms in total. The first-order valence-electron chi connectivity index (χ1n) is 5.15. The van der Waals surface area contributed by atoms with Crippen molar-refractivity contribution in [2.45, 2.75) is 13.5 Å². The van der Waals surface area contributed by atoms with Crippen molar-refractivity contribution >= 4 is 15.9 Å². The fourth-order valence-corrected chi connectivity index (χ4v) is 2.18. The van der Waals surface area contributed by atoms with Crippen LogP contribution in [0.15, 0.2) is 18.2 Å². The number of anilines is 1. The lowest BCUT2D eigenvalue weighted by molar-refractivity contribution is 0.409. The Hall–Kier alpha value is -1.31. The van der Waals surface area contributed by atoms with Crippen molar-refractivity contribution in [1.29, 1.82) is 0 Å². The molecule has 0 amide bonds. The first-order chi connectivity index (χ1) is 7.98. The van der Waals surface area contributed by atoms with Gasteiger partial charge in [-0.15, -0.1) is 0 Å². The average molecular weight is 259 g/mol. The maximum absolute atomic E-state index is 11.4. The maximum atomic E-state index is 11.4. The summed E-state index contributed by atoms with van der Waals surface area (Å²) in [6, 6.07) is 5.07. The van der Waals surface area contributed by atoms with Crippen molar-refractivity contribution in [1.82, 2.24) is 9.44 Å². The van der Waals surface area contributed by atoms with E-state index in [1.165, 1.54) is 7.11 Å². The summed E-state index contributed by atoms with van der Waals surface area (Å²) in [5.74, 6) is 0.596. The van der Waals surface area contributed by atoms with Crippen LogP contribution in [0.4, 0.5) is 5.69 Å². The van der Waals surface area contributed by atoms with Crippen molar-refractivity contribution in [3.63, 3.8) is 0 Å². The van der Waals surface area contributed by atoms with Crippen LogP contribution in [0.5, 0.6) is 5.75 Å². The summed E-state index contributed by atoms with van der Waals surface area (Å²) >= 11 is 0. The van der Waals surface area contributed by atoms with E-state index in [0.29, 0.717) is 23.5 Å². The molecule has 17 heavy (non-hydrogen) atoms. The molecule has 0 aliphatic carbocycles. The molecule has 0 aromatic heterocycles. The zero-order valence-corrected chi connectivity index (χ0v) is 10.7. The Morgan fingerprint density at radius 3 is 2.65 bits per heavy atom. The van der Waals surface area contributed by atoms with Crippen LogP contribution >= 0.6 is 0 Å². The molecule has 96 valence electrons. The highest BCUT2D eigenvalue weighted by Crippen LogP contribution is 2.20. The molecule has 0 radical (unpaired) electrons. The molecule has 1 aromatic rings. The lowest BCUT2D eigenvalue weighted by Crippen LogP contribution is -2.35. The molecule has 1 rings (SSSR count). The standard InChI is InChI=1S/C10H17N3O3S/c1-3-12-17(14,15)13-7-8-6-9(11)4-5-10(8)16-2/h4-6,12-13H,3,7,11H2,1-2H3. The first-order valence-corrected chi connectivity index (χ1v) is 6.63. The zero-order valence-electron chi connectivity index (χ0n) is 9.86. The quantitative estimate of drug-likeness (QED) is 0.637. The largest absolute Gasteiger partial charge is 0.496 e. The molecule has 4 N–H and O–H groups in total. The molecule has 0 heterocycles. The second kappa shape index (κ2) is 5.85. The van der Waals surface area contributed by atoms with E-state index in [1.807, 2.05) is 0 Å². The van der Waals surface area contributed by atoms with Gasteiger partial charge < -0.3 is 10.5 Å². The van der Waals surface area contributed by atoms with Crippen LogP contribution in [-0.4, -0.2) is 22.1 Å². The number of methoxy groups -OCH3 is 1. The minimum absolute atomic E-state index is 0.129. The highest BCUT2D eigenvalue weighted by molar-refractivity contribution is 7.87. The predicted molar refractivity (Wildman–Crippen MR) is 66.8 cm³/mol. The number of nitrogens with two attached hydrogens (primary N) is 1. The number of benzene rings is 1. The third-order valence-corrected chi connectivity index (χ3v) is 3.28. The van der Waals surface area contributed by atoms with Crippen molar-refractivity contribution in [2.75, 3.05) is 19.4 Å². The smallest absolute Gasteiger partial charge is 0.277 e. The van der Waals surface area contributed by atoms with E-state index in [1.54, 1.807) is 25.1 Å². The predicted octanol–water partition coefficient (Wildman–Crippen LogP) is 0.221. The number of rotatable bonds is 6. The molecule has 7 heteroatoms. The summed E-state index contributed by atoms with van der Waals surface area (Å²) < 4.78 is 32.6. The summed E-state index contributed by atoms with van der Waals surface area (Å²) in [4.78, 5) is 0. The normalized spacial score (nSPS) is 11.4. The molecular formula is C10H17N3O3S. The van der Waals surface area contributed by atoms with Gasteiger partial charge in [0.15, 0.2) is 0 Å². The van der Waals surface area contributed by atoms with E-state index in [4.69, 9.17) is 10.5 Å². The summed E-state index contributed by atoms with van der Waals surface area (Å²) in [6.07, 6.45) is 0. The molecule has 1 aromatic carbocycles. The van der Waals surface area contributed by atoms with E-state index in [2.05, 4.69) is 9.44 Å². The summed E-state index contributed by atoms with van der Waals surface area (Å²) in [5, 5.41) is 0. The molecule has 0 bridgehead atoms. The third-order valence-electron chi connectivity index (χ3n) is 2.09. The summed E-state index contributed by atoms with van der Waals surface area (Å²) in [7, 11) is -1.94. The van der Waals surface area contributed by atoms with Gasteiger partial charge in [-0.1, -0.05) is 6.92 Å². The molecule has 0 aliphatic rings. The Labute approximate surface area is 101 Å². The zero-order chi connectivity index (χ0) is 12.9. The van der Waals surface area contributed by atoms with Crippen LogP contribution in [0.1, 0.15) is 12.5 Å². The van der Waals surface area contributed by atoms with Gasteiger partial charge in [-0.05, 0) is 18.2 Å². The van der Waals surface area contributed by atoms with Crippen LogP contribution in [-0.2, 0) is 16.8 Å². The van der Waals surface area contributed by atoms with Crippen molar-refractivity contribution in [2.24, 2.45) is 0 Å². The maximum Gasteiger partial charge on any atom is 0.277 e. The first kappa shape index (κ1) is 13.8. The molecule has 0 unspecified atom stereocenters. The number of hydrogen-bond donors (Lipinski definition) is 3. The van der Waals surface area contributed by atoms with Gasteiger partial charge in [0.25, 0.3) is 10.2 Å². The Bertz CT molecular complexity index is 474. The van der Waals surface area contributed by atoms with Crippen LogP contribution in [0.2, 0.25) is 0 Å². The molecule has 0 fully saturated rings. The lowest BCUT2D eigenvalue weighted by Gasteiger charge is -2.11. The van der Waals surface area contributed by atoms with E-state index < -0.39 is 10.2 Å². The lowest BCUT2D eigenvalue weighted by atomic mass is 10.2. The van der Waals surface area contributed by atoms with E-state index in [9.17, 15) is 8.42 Å². The van der Waals surface area contributed by atoms with E-state index in [0.717, 1.165) is 0 Å². The molecule has 0 saturated carbocycles. The molecule has 0 atom stereocenters. The van der Waals surface area contributed by atoms with E-state index in [-0.39, 0.29) is 6.54 Å². The SMILES string of the molecule is CCNS(=O)(=O)NCc1cc(N)ccc1OC. The molecule has 0 aliphatic heterocycles. The number of nitrogens with one attached hydrogen (secondary N) is 2. The van der Waals surface area contributed by atoms with Crippen molar-refractivity contribution in [3.05, 3.63) is 23.8 Å². The highest BCUT2D eigenvalue weighted by Gasteiger charge is 2.10. The molecule has 0 spiro atoms. The Kier molecular flexibility index (Phi) is 4.73. The summed E-state index contributed by atoms with van der Waals surface area (Å²) in [6.45, 7) is 2.17. The Morgan fingerprint density at radius 2 is 2.06 bits per heavy atom. The van der Waals surface area contributed by atoms with E-state index >= 15 is 0 Å². The van der Waals surface area contributed by atoms with Gasteiger partial charge in [-0.25, -0.2) is 4.72 Å². The fourth-order valence-electron chi connectivity index (χ4n) is 1.35.